The molecule has 7 aromatic carbocycles. The second-order valence-corrected chi connectivity index (χ2v) is 16.2. The van der Waals surface area contributed by atoms with E-state index in [1.807, 2.05) is 11.3 Å². The molecule has 6 heteroatoms. The first-order valence-electron chi connectivity index (χ1n) is 19.7. The van der Waals surface area contributed by atoms with Crippen molar-refractivity contribution in [2.45, 2.75) is 25.2 Å². The smallest absolute Gasteiger partial charge is 0.136 e. The second-order valence-electron chi connectivity index (χ2n) is 15.1. The highest BCUT2D eigenvalue weighted by Gasteiger charge is 2.27. The van der Waals surface area contributed by atoms with Gasteiger partial charge in [0.15, 0.2) is 0 Å². The molecule has 0 spiro atoms. The number of amidine groups is 1. The Kier molecular flexibility index (Phi) is 7.37. The predicted molar refractivity (Wildman–Crippen MR) is 239 cm³/mol. The summed E-state index contributed by atoms with van der Waals surface area (Å²) >= 11 is 1.86. The number of nitrogens with zero attached hydrogens (tertiary/aromatic N) is 2. The second kappa shape index (κ2) is 12.9. The lowest BCUT2D eigenvalue weighted by Gasteiger charge is -2.33. The maximum Gasteiger partial charge on any atom is 0.136 e. The molecule has 2 N–H and O–H groups in total. The maximum atomic E-state index is 6.63. The zero-order valence-electron chi connectivity index (χ0n) is 30.9. The number of allylic oxidation sites excluding steroid dienone is 3. The van der Waals surface area contributed by atoms with Crippen LogP contribution in [0.25, 0.3) is 80.7 Å². The molecule has 0 fully saturated rings. The van der Waals surface area contributed by atoms with Gasteiger partial charge in [0.2, 0.25) is 0 Å². The van der Waals surface area contributed by atoms with Gasteiger partial charge in [-0.2, -0.15) is 0 Å². The summed E-state index contributed by atoms with van der Waals surface area (Å²) in [6, 6.07) is 54.6. The van der Waals surface area contributed by atoms with Gasteiger partial charge in [0, 0.05) is 47.3 Å². The fraction of sp³-hybridized carbons (Fsp3) is 0.0784. The molecule has 3 aromatic heterocycles. The lowest BCUT2D eigenvalue weighted by atomic mass is 9.97. The van der Waals surface area contributed by atoms with Crippen LogP contribution in [-0.4, -0.2) is 16.6 Å². The van der Waals surface area contributed by atoms with Gasteiger partial charge in [0.1, 0.15) is 29.3 Å². The first-order chi connectivity index (χ1) is 28.2. The molecule has 0 saturated heterocycles. The third kappa shape index (κ3) is 5.22. The number of aromatic nitrogens is 1. The van der Waals surface area contributed by atoms with Crippen LogP contribution >= 0.6 is 11.3 Å². The third-order valence-electron chi connectivity index (χ3n) is 11.8. The molecule has 2 aliphatic rings. The first kappa shape index (κ1) is 32.5. The van der Waals surface area contributed by atoms with Crippen molar-refractivity contribution in [2.75, 3.05) is 0 Å². The number of nitrogens with one attached hydrogen (secondary N) is 2. The number of rotatable bonds is 5. The summed E-state index contributed by atoms with van der Waals surface area (Å²) in [5.74, 6) is 0.881. The standard InChI is InChI=1S/C51H36N4OS/c1-3-13-31(14-4-1)49-52-50(32-15-5-2-6-16-32)54-51(53-49)34-26-28-43-39(29-34)38-27-25-33(30-44(38)56-43)35-19-11-23-45-47(35)48-42(22-12-24-46(48)57-45)55-40-20-9-7-17-36(40)37-18-8-10-21-41(37)55/h1-5,7-15,17-30,49-50,52H,6,16H2,(H,53,54). The molecule has 1 aliphatic carbocycles. The van der Waals surface area contributed by atoms with Crippen LogP contribution < -0.4 is 10.6 Å². The van der Waals surface area contributed by atoms with Crippen molar-refractivity contribution in [1.82, 2.24) is 15.2 Å². The van der Waals surface area contributed by atoms with E-state index in [1.165, 1.54) is 58.8 Å². The zero-order chi connectivity index (χ0) is 37.5. The van der Waals surface area contributed by atoms with Crippen LogP contribution in [0.5, 0.6) is 0 Å². The summed E-state index contributed by atoms with van der Waals surface area (Å²) in [4.78, 5) is 5.22. The minimum absolute atomic E-state index is 0.0154. The number of thiophene rings is 1. The highest BCUT2D eigenvalue weighted by Crippen LogP contribution is 2.45. The summed E-state index contributed by atoms with van der Waals surface area (Å²) in [6.07, 6.45) is 8.50. The van der Waals surface area contributed by atoms with Gasteiger partial charge in [-0.15, -0.1) is 11.3 Å². The van der Waals surface area contributed by atoms with Crippen molar-refractivity contribution in [3.05, 3.63) is 187 Å². The monoisotopic (exact) mass is 752 g/mol. The highest BCUT2D eigenvalue weighted by molar-refractivity contribution is 7.26. The van der Waals surface area contributed by atoms with Gasteiger partial charge < -0.3 is 14.3 Å². The molecule has 1 aliphatic heterocycles. The van der Waals surface area contributed by atoms with Gasteiger partial charge in [-0.05, 0) is 95.8 Å². The summed E-state index contributed by atoms with van der Waals surface area (Å²) in [5.41, 5.74) is 11.2. The summed E-state index contributed by atoms with van der Waals surface area (Å²) in [5, 5.41) is 14.7. The van der Waals surface area contributed by atoms with Crippen molar-refractivity contribution in [3.8, 4) is 16.8 Å². The Morgan fingerprint density at radius 1 is 0.632 bits per heavy atom. The predicted octanol–water partition coefficient (Wildman–Crippen LogP) is 13.0. The van der Waals surface area contributed by atoms with Crippen LogP contribution in [0.2, 0.25) is 0 Å². The molecule has 12 rings (SSSR count). The van der Waals surface area contributed by atoms with Crippen LogP contribution in [0.15, 0.2) is 185 Å². The van der Waals surface area contributed by atoms with Crippen molar-refractivity contribution in [3.63, 3.8) is 0 Å². The van der Waals surface area contributed by atoms with Gasteiger partial charge in [-0.3, -0.25) is 5.32 Å². The largest absolute Gasteiger partial charge is 0.456 e. The van der Waals surface area contributed by atoms with Crippen molar-refractivity contribution in [2.24, 2.45) is 4.99 Å². The Labute approximate surface area is 332 Å². The van der Waals surface area contributed by atoms with Gasteiger partial charge in [-0.1, -0.05) is 109 Å². The molecular weight excluding hydrogens is 717 g/mol. The SMILES string of the molecule is C1=CCCC(C2NC(c3ccc4oc5cc(-c6cccc7sc8cccc(-n9c%10ccccc%10c%10ccccc%109)c8c67)ccc5c4c3)=NC(c3ccccc3)N2)=C1. The first-order valence-corrected chi connectivity index (χ1v) is 20.5. The van der Waals surface area contributed by atoms with E-state index in [2.05, 4.69) is 185 Å². The number of fused-ring (bicyclic) bond motifs is 9. The fourth-order valence-corrected chi connectivity index (χ4v) is 10.3. The van der Waals surface area contributed by atoms with Gasteiger partial charge >= 0.3 is 0 Å². The minimum atomic E-state index is -0.162. The van der Waals surface area contributed by atoms with E-state index in [9.17, 15) is 0 Å². The van der Waals surface area contributed by atoms with E-state index in [0.29, 0.717) is 0 Å². The zero-order valence-corrected chi connectivity index (χ0v) is 31.8. The molecule has 0 amide bonds. The number of aliphatic imine (C=N–C) groups is 1. The Bertz CT molecular complexity index is 3270. The van der Waals surface area contributed by atoms with E-state index in [-0.39, 0.29) is 12.3 Å². The number of furan rings is 1. The number of hydrogen-bond donors (Lipinski definition) is 2. The summed E-state index contributed by atoms with van der Waals surface area (Å²) < 4.78 is 11.6. The Hall–Kier alpha value is -6.73. The van der Waals surface area contributed by atoms with E-state index in [0.717, 1.165) is 57.3 Å². The Morgan fingerprint density at radius 3 is 2.19 bits per heavy atom. The van der Waals surface area contributed by atoms with Crippen LogP contribution in [-0.2, 0) is 0 Å². The molecule has 0 bridgehead atoms. The minimum Gasteiger partial charge on any atom is -0.456 e. The molecular formula is C51H36N4OS. The lowest BCUT2D eigenvalue weighted by molar-refractivity contribution is 0.429. The number of para-hydroxylation sites is 2. The van der Waals surface area contributed by atoms with Crippen molar-refractivity contribution >= 4 is 81.1 Å². The van der Waals surface area contributed by atoms with E-state index >= 15 is 0 Å². The van der Waals surface area contributed by atoms with Gasteiger partial charge in [-0.25, -0.2) is 4.99 Å². The number of benzene rings is 7. The molecule has 10 aromatic rings. The van der Waals surface area contributed by atoms with E-state index in [1.54, 1.807) is 0 Å². The lowest BCUT2D eigenvalue weighted by Crippen LogP contribution is -2.52. The summed E-state index contributed by atoms with van der Waals surface area (Å²) in [7, 11) is 0. The molecule has 5 nitrogen and oxygen atoms in total. The highest BCUT2D eigenvalue weighted by atomic mass is 32.1. The van der Waals surface area contributed by atoms with Gasteiger partial charge in [0.05, 0.1) is 16.7 Å². The van der Waals surface area contributed by atoms with Crippen molar-refractivity contribution < 1.29 is 4.42 Å². The molecule has 4 heterocycles. The van der Waals surface area contributed by atoms with Gasteiger partial charge in [0.25, 0.3) is 0 Å². The number of hydrogen-bond acceptors (Lipinski definition) is 5. The topological polar surface area (TPSA) is 54.5 Å². The molecule has 0 saturated carbocycles. The van der Waals surface area contributed by atoms with Crippen LogP contribution in [0.1, 0.15) is 30.1 Å². The quantitative estimate of drug-likeness (QED) is 0.184. The average molecular weight is 753 g/mol. The Balaban J connectivity index is 0.986. The average Bonchev–Trinajstić information content (AvgIpc) is 3.96. The Morgan fingerprint density at radius 2 is 1.39 bits per heavy atom. The van der Waals surface area contributed by atoms with E-state index < -0.39 is 0 Å². The molecule has 57 heavy (non-hydrogen) atoms. The fourth-order valence-electron chi connectivity index (χ4n) is 9.11. The maximum absolute atomic E-state index is 6.63. The molecule has 2 atom stereocenters. The van der Waals surface area contributed by atoms with E-state index in [4.69, 9.17) is 9.41 Å². The molecule has 2 unspecified atom stereocenters. The summed E-state index contributed by atoms with van der Waals surface area (Å²) in [6.45, 7) is 0. The van der Waals surface area contributed by atoms with Crippen LogP contribution in [0.4, 0.5) is 0 Å². The third-order valence-corrected chi connectivity index (χ3v) is 12.9. The van der Waals surface area contributed by atoms with Crippen LogP contribution in [0, 0.1) is 0 Å². The normalized spacial score (nSPS) is 17.2. The van der Waals surface area contributed by atoms with Crippen molar-refractivity contribution in [1.29, 1.82) is 0 Å². The molecule has 0 radical (unpaired) electrons. The van der Waals surface area contributed by atoms with Crippen LogP contribution in [0.3, 0.4) is 0 Å². The molecule has 272 valence electrons.